The number of carboxylic acid groups (broad SMARTS) is 1. The molecule has 0 saturated carbocycles. The number of aliphatic carboxylic acids is 1. The molecule has 0 atom stereocenters. The summed E-state index contributed by atoms with van der Waals surface area (Å²) in [5.74, 6) is -1.20. The third kappa shape index (κ3) is 5.51. The zero-order valence-electron chi connectivity index (χ0n) is 14.6. The standard InChI is InChI=1S/C18H23N3O5/c1-2-3-4-5-6-16-19-15(10-21(16)11-17(24)25)20-18(26)12-7-13(22)9-14(23)8-12/h7-10,22-23H,2-6,11H2,1H3,(H,20,26)(H,24,25). The number of aryl methyl sites for hydroxylation is 1. The van der Waals surface area contributed by atoms with E-state index in [2.05, 4.69) is 17.2 Å². The van der Waals surface area contributed by atoms with Crippen molar-refractivity contribution in [2.24, 2.45) is 0 Å². The summed E-state index contributed by atoms with van der Waals surface area (Å²) in [5.41, 5.74) is 0.0692. The molecule has 0 aliphatic carbocycles. The fourth-order valence-corrected chi connectivity index (χ4v) is 2.62. The molecule has 0 aliphatic rings. The first-order valence-corrected chi connectivity index (χ1v) is 8.51. The van der Waals surface area contributed by atoms with E-state index in [-0.39, 0.29) is 29.4 Å². The number of phenolic OH excluding ortho intramolecular Hbond substituents is 2. The maximum absolute atomic E-state index is 12.3. The van der Waals surface area contributed by atoms with Crippen molar-refractivity contribution in [2.75, 3.05) is 5.32 Å². The first-order valence-electron chi connectivity index (χ1n) is 8.51. The molecule has 1 aromatic carbocycles. The fraction of sp³-hybridized carbons (Fsp3) is 0.389. The monoisotopic (exact) mass is 361 g/mol. The van der Waals surface area contributed by atoms with E-state index in [0.29, 0.717) is 12.2 Å². The number of nitrogens with one attached hydrogen (secondary N) is 1. The molecule has 0 aliphatic heterocycles. The van der Waals surface area contributed by atoms with E-state index in [9.17, 15) is 19.8 Å². The Morgan fingerprint density at radius 3 is 2.42 bits per heavy atom. The minimum absolute atomic E-state index is 0.0692. The molecule has 140 valence electrons. The molecule has 0 saturated heterocycles. The topological polar surface area (TPSA) is 125 Å². The van der Waals surface area contributed by atoms with Crippen LogP contribution in [-0.4, -0.2) is 36.7 Å². The van der Waals surface area contributed by atoms with Gasteiger partial charge in [0.25, 0.3) is 5.91 Å². The van der Waals surface area contributed by atoms with Gasteiger partial charge in [-0.25, -0.2) is 4.98 Å². The summed E-state index contributed by atoms with van der Waals surface area (Å²) in [4.78, 5) is 27.6. The molecule has 1 heterocycles. The molecule has 2 rings (SSSR count). The van der Waals surface area contributed by atoms with E-state index in [1.807, 2.05) is 0 Å². The van der Waals surface area contributed by atoms with Gasteiger partial charge in [0, 0.05) is 24.2 Å². The van der Waals surface area contributed by atoms with Crippen LogP contribution in [0.2, 0.25) is 0 Å². The van der Waals surface area contributed by atoms with Gasteiger partial charge >= 0.3 is 5.97 Å². The zero-order valence-corrected chi connectivity index (χ0v) is 14.6. The normalized spacial score (nSPS) is 10.7. The van der Waals surface area contributed by atoms with Crippen LogP contribution in [0.3, 0.4) is 0 Å². The van der Waals surface area contributed by atoms with E-state index in [0.717, 1.165) is 31.7 Å². The number of aromatic nitrogens is 2. The second kappa shape index (κ2) is 8.89. The maximum atomic E-state index is 12.3. The summed E-state index contributed by atoms with van der Waals surface area (Å²) in [5, 5.41) is 30.5. The number of amides is 1. The van der Waals surface area contributed by atoms with Crippen molar-refractivity contribution in [2.45, 2.75) is 45.6 Å². The van der Waals surface area contributed by atoms with Gasteiger partial charge in [-0.05, 0) is 18.6 Å². The van der Waals surface area contributed by atoms with Gasteiger partial charge in [0.05, 0.1) is 0 Å². The second-order valence-electron chi connectivity index (χ2n) is 6.07. The molecule has 0 bridgehead atoms. The third-order valence-electron chi connectivity index (χ3n) is 3.83. The van der Waals surface area contributed by atoms with E-state index < -0.39 is 11.9 Å². The third-order valence-corrected chi connectivity index (χ3v) is 3.83. The first kappa shape index (κ1) is 19.3. The quantitative estimate of drug-likeness (QED) is 0.509. The van der Waals surface area contributed by atoms with Crippen molar-refractivity contribution < 1.29 is 24.9 Å². The Hall–Kier alpha value is -3.03. The number of nitrogens with zero attached hydrogens (tertiary/aromatic N) is 2. The van der Waals surface area contributed by atoms with E-state index in [1.165, 1.54) is 22.9 Å². The van der Waals surface area contributed by atoms with Gasteiger partial charge in [-0.3, -0.25) is 9.59 Å². The lowest BCUT2D eigenvalue weighted by Crippen LogP contribution is -2.12. The van der Waals surface area contributed by atoms with Gasteiger partial charge < -0.3 is 25.2 Å². The Bertz CT molecular complexity index is 765. The predicted octanol–water partition coefficient (Wildman–Crippen LogP) is 2.75. The molecule has 1 aromatic heterocycles. The molecular weight excluding hydrogens is 338 g/mol. The summed E-state index contributed by atoms with van der Waals surface area (Å²) in [7, 11) is 0. The lowest BCUT2D eigenvalue weighted by molar-refractivity contribution is -0.137. The predicted molar refractivity (Wildman–Crippen MR) is 95.4 cm³/mol. The Balaban J connectivity index is 2.13. The summed E-state index contributed by atoms with van der Waals surface area (Å²) >= 11 is 0. The fourth-order valence-electron chi connectivity index (χ4n) is 2.62. The van der Waals surface area contributed by atoms with Gasteiger partial charge in [-0.15, -0.1) is 0 Å². The number of hydrogen-bond donors (Lipinski definition) is 4. The Kier molecular flexibility index (Phi) is 6.60. The van der Waals surface area contributed by atoms with Crippen molar-refractivity contribution in [3.05, 3.63) is 35.8 Å². The minimum atomic E-state index is -0.993. The van der Waals surface area contributed by atoms with Crippen LogP contribution in [-0.2, 0) is 17.8 Å². The Labute approximate surface area is 151 Å². The zero-order chi connectivity index (χ0) is 19.1. The van der Waals surface area contributed by atoms with Crippen LogP contribution in [0.15, 0.2) is 24.4 Å². The highest BCUT2D eigenvalue weighted by Gasteiger charge is 2.14. The van der Waals surface area contributed by atoms with Crippen LogP contribution in [0.4, 0.5) is 5.82 Å². The molecule has 0 fully saturated rings. The van der Waals surface area contributed by atoms with Gasteiger partial charge in [0.2, 0.25) is 0 Å². The van der Waals surface area contributed by atoms with Crippen LogP contribution in [0.5, 0.6) is 11.5 Å². The summed E-state index contributed by atoms with van der Waals surface area (Å²) < 4.78 is 1.50. The Morgan fingerprint density at radius 2 is 1.81 bits per heavy atom. The van der Waals surface area contributed by atoms with Gasteiger partial charge in [-0.2, -0.15) is 0 Å². The number of imidazole rings is 1. The smallest absolute Gasteiger partial charge is 0.323 e. The number of carbonyl (C=O) groups excluding carboxylic acids is 1. The van der Waals surface area contributed by atoms with E-state index in [4.69, 9.17) is 5.11 Å². The molecule has 4 N–H and O–H groups in total. The van der Waals surface area contributed by atoms with Gasteiger partial charge in [0.15, 0.2) is 5.82 Å². The van der Waals surface area contributed by atoms with Crippen molar-refractivity contribution >= 4 is 17.7 Å². The average Bonchev–Trinajstić information content (AvgIpc) is 2.91. The number of unbranched alkanes of at least 4 members (excludes halogenated alkanes) is 3. The van der Waals surface area contributed by atoms with Crippen molar-refractivity contribution in [3.63, 3.8) is 0 Å². The number of hydrogen-bond acceptors (Lipinski definition) is 5. The van der Waals surface area contributed by atoms with Gasteiger partial charge in [-0.1, -0.05) is 26.2 Å². The van der Waals surface area contributed by atoms with Crippen LogP contribution >= 0.6 is 0 Å². The minimum Gasteiger partial charge on any atom is -0.508 e. The van der Waals surface area contributed by atoms with Crippen LogP contribution in [0.1, 0.15) is 48.8 Å². The highest BCUT2D eigenvalue weighted by atomic mass is 16.4. The molecule has 2 aromatic rings. The molecular formula is C18H23N3O5. The average molecular weight is 361 g/mol. The number of carboxylic acids is 1. The SMILES string of the molecule is CCCCCCc1nc(NC(=O)c2cc(O)cc(O)c2)cn1CC(=O)O. The summed E-state index contributed by atoms with van der Waals surface area (Å²) in [6.45, 7) is 1.87. The van der Waals surface area contributed by atoms with E-state index in [1.54, 1.807) is 0 Å². The van der Waals surface area contributed by atoms with Crippen molar-refractivity contribution in [1.82, 2.24) is 9.55 Å². The van der Waals surface area contributed by atoms with Crippen LogP contribution < -0.4 is 5.32 Å². The molecule has 0 unspecified atom stereocenters. The molecule has 1 amide bonds. The molecule has 8 heteroatoms. The lowest BCUT2D eigenvalue weighted by Gasteiger charge is -2.04. The van der Waals surface area contributed by atoms with Crippen molar-refractivity contribution in [3.8, 4) is 11.5 Å². The first-order chi connectivity index (χ1) is 12.4. The van der Waals surface area contributed by atoms with Crippen LogP contribution in [0, 0.1) is 0 Å². The number of aromatic hydroxyl groups is 2. The number of phenols is 2. The number of benzene rings is 1. The molecule has 0 radical (unpaired) electrons. The van der Waals surface area contributed by atoms with Crippen molar-refractivity contribution in [1.29, 1.82) is 0 Å². The maximum Gasteiger partial charge on any atom is 0.323 e. The molecule has 8 nitrogen and oxygen atoms in total. The Morgan fingerprint density at radius 1 is 1.12 bits per heavy atom. The second-order valence-corrected chi connectivity index (χ2v) is 6.07. The lowest BCUT2D eigenvalue weighted by atomic mass is 10.1. The number of carbonyl (C=O) groups is 2. The summed E-state index contributed by atoms with van der Waals surface area (Å²) in [6.07, 6.45) is 6.21. The number of rotatable bonds is 9. The highest BCUT2D eigenvalue weighted by molar-refractivity contribution is 6.04. The van der Waals surface area contributed by atoms with Crippen LogP contribution in [0.25, 0.3) is 0 Å². The van der Waals surface area contributed by atoms with Gasteiger partial charge in [0.1, 0.15) is 23.9 Å². The van der Waals surface area contributed by atoms with E-state index >= 15 is 0 Å². The summed E-state index contributed by atoms with van der Waals surface area (Å²) in [6, 6.07) is 3.55. The largest absolute Gasteiger partial charge is 0.508 e. The number of anilines is 1. The molecule has 0 spiro atoms. The highest BCUT2D eigenvalue weighted by Crippen LogP contribution is 2.21. The molecule has 26 heavy (non-hydrogen) atoms.